The van der Waals surface area contributed by atoms with E-state index in [2.05, 4.69) is 9.98 Å². The van der Waals surface area contributed by atoms with E-state index in [1.807, 2.05) is 45.0 Å². The van der Waals surface area contributed by atoms with Crippen molar-refractivity contribution in [3.8, 4) is 0 Å². The van der Waals surface area contributed by atoms with E-state index in [1.54, 1.807) is 6.21 Å². The molecule has 0 N–H and O–H groups in total. The lowest BCUT2D eigenvalue weighted by Crippen LogP contribution is -1.78. The molecule has 0 amide bonds. The average Bonchev–Trinajstić information content (AvgIpc) is 2.08. The second-order valence-electron chi connectivity index (χ2n) is 2.94. The highest BCUT2D eigenvalue weighted by Gasteiger charge is 1.95. The summed E-state index contributed by atoms with van der Waals surface area (Å²) in [6.45, 7) is 5.86. The zero-order valence-electron chi connectivity index (χ0n) is 8.28. The minimum Gasteiger partial charge on any atom is -0.259 e. The van der Waals surface area contributed by atoms with E-state index in [-0.39, 0.29) is 0 Å². The molecule has 68 valence electrons. The van der Waals surface area contributed by atoms with Crippen LogP contribution >= 0.6 is 0 Å². The third-order valence-corrected chi connectivity index (χ3v) is 1.49. The molecule has 0 heterocycles. The maximum absolute atomic E-state index is 4.38. The van der Waals surface area contributed by atoms with Crippen LogP contribution in [0.3, 0.4) is 0 Å². The highest BCUT2D eigenvalue weighted by atomic mass is 14.8. The molecule has 0 unspecified atom stereocenters. The number of hydrogen-bond acceptors (Lipinski definition) is 2. The standard InChI is InChI=1S/C11H14N2/c1-4-12-10-7-5-6-8-11(10)13-9(2)3/h4-8H,1-3H3/b12-4+. The first-order chi connectivity index (χ1) is 6.24. The number of nitrogens with zero attached hydrogens (tertiary/aromatic N) is 2. The molecular weight excluding hydrogens is 160 g/mol. The normalized spacial score (nSPS) is 10.4. The summed E-state index contributed by atoms with van der Waals surface area (Å²) in [7, 11) is 0. The fraction of sp³-hybridized carbons (Fsp3) is 0.273. The molecule has 0 aromatic heterocycles. The monoisotopic (exact) mass is 174 g/mol. The van der Waals surface area contributed by atoms with Gasteiger partial charge in [-0.3, -0.25) is 9.98 Å². The second-order valence-corrected chi connectivity index (χ2v) is 2.94. The van der Waals surface area contributed by atoms with E-state index < -0.39 is 0 Å². The lowest BCUT2D eigenvalue weighted by molar-refractivity contribution is 1.43. The van der Waals surface area contributed by atoms with Gasteiger partial charge in [-0.25, -0.2) is 0 Å². The molecule has 0 aliphatic heterocycles. The number of para-hydroxylation sites is 2. The van der Waals surface area contributed by atoms with Crippen LogP contribution in [0, 0.1) is 0 Å². The largest absolute Gasteiger partial charge is 0.259 e. The van der Waals surface area contributed by atoms with Gasteiger partial charge in [0.1, 0.15) is 0 Å². The molecular formula is C11H14N2. The van der Waals surface area contributed by atoms with Crippen molar-refractivity contribution in [3.63, 3.8) is 0 Å². The first-order valence-corrected chi connectivity index (χ1v) is 4.33. The molecule has 0 aliphatic rings. The molecule has 0 aliphatic carbocycles. The quantitative estimate of drug-likeness (QED) is 0.613. The molecule has 0 fully saturated rings. The highest BCUT2D eigenvalue weighted by Crippen LogP contribution is 2.26. The summed E-state index contributed by atoms with van der Waals surface area (Å²) in [4.78, 5) is 8.61. The maximum Gasteiger partial charge on any atom is 0.0885 e. The molecule has 1 aromatic carbocycles. The van der Waals surface area contributed by atoms with Gasteiger partial charge in [0.2, 0.25) is 0 Å². The van der Waals surface area contributed by atoms with Gasteiger partial charge in [-0.1, -0.05) is 12.1 Å². The Morgan fingerprint density at radius 2 is 1.77 bits per heavy atom. The summed E-state index contributed by atoms with van der Waals surface area (Å²) in [6, 6.07) is 7.86. The Morgan fingerprint density at radius 3 is 2.31 bits per heavy atom. The van der Waals surface area contributed by atoms with Gasteiger partial charge in [0.15, 0.2) is 0 Å². The van der Waals surface area contributed by atoms with Crippen molar-refractivity contribution in [2.45, 2.75) is 20.8 Å². The average molecular weight is 174 g/mol. The summed E-state index contributed by atoms with van der Waals surface area (Å²) < 4.78 is 0. The van der Waals surface area contributed by atoms with Gasteiger partial charge in [-0.15, -0.1) is 0 Å². The van der Waals surface area contributed by atoms with Gasteiger partial charge in [0, 0.05) is 11.9 Å². The first kappa shape index (κ1) is 9.65. The molecule has 1 rings (SSSR count). The molecule has 1 aromatic rings. The topological polar surface area (TPSA) is 24.7 Å². The van der Waals surface area contributed by atoms with Crippen molar-refractivity contribution in [2.75, 3.05) is 0 Å². The van der Waals surface area contributed by atoms with Crippen LogP contribution in [0.25, 0.3) is 0 Å². The van der Waals surface area contributed by atoms with Gasteiger partial charge in [-0.05, 0) is 32.9 Å². The van der Waals surface area contributed by atoms with Crippen LogP contribution in [0.4, 0.5) is 11.4 Å². The van der Waals surface area contributed by atoms with E-state index in [4.69, 9.17) is 0 Å². The van der Waals surface area contributed by atoms with E-state index in [1.165, 1.54) is 0 Å². The molecule has 0 saturated heterocycles. The Morgan fingerprint density at radius 1 is 1.15 bits per heavy atom. The lowest BCUT2D eigenvalue weighted by Gasteiger charge is -1.99. The SMILES string of the molecule is C/C=N/c1ccccc1N=C(C)C. The predicted molar refractivity (Wildman–Crippen MR) is 58.7 cm³/mol. The van der Waals surface area contributed by atoms with Crippen molar-refractivity contribution >= 4 is 23.3 Å². The molecule has 2 nitrogen and oxygen atoms in total. The third kappa shape index (κ3) is 2.82. The van der Waals surface area contributed by atoms with Crippen LogP contribution in [0.15, 0.2) is 34.3 Å². The fourth-order valence-electron chi connectivity index (χ4n) is 1.05. The van der Waals surface area contributed by atoms with E-state index in [0.717, 1.165) is 17.1 Å². The van der Waals surface area contributed by atoms with E-state index in [9.17, 15) is 0 Å². The Kier molecular flexibility index (Phi) is 3.38. The molecule has 0 atom stereocenters. The van der Waals surface area contributed by atoms with Crippen LogP contribution in [0.2, 0.25) is 0 Å². The fourth-order valence-corrected chi connectivity index (χ4v) is 1.05. The van der Waals surface area contributed by atoms with Crippen LogP contribution < -0.4 is 0 Å². The predicted octanol–water partition coefficient (Wildman–Crippen LogP) is 3.52. The zero-order chi connectivity index (χ0) is 9.68. The molecule has 0 saturated carbocycles. The number of hydrogen-bond donors (Lipinski definition) is 0. The summed E-state index contributed by atoms with van der Waals surface area (Å²) >= 11 is 0. The molecule has 0 spiro atoms. The van der Waals surface area contributed by atoms with Gasteiger partial charge in [0.25, 0.3) is 0 Å². The molecule has 0 bridgehead atoms. The summed E-state index contributed by atoms with van der Waals surface area (Å²) in [6.07, 6.45) is 1.78. The maximum atomic E-state index is 4.38. The van der Waals surface area contributed by atoms with Crippen molar-refractivity contribution in [1.82, 2.24) is 0 Å². The van der Waals surface area contributed by atoms with Gasteiger partial charge in [0.05, 0.1) is 11.4 Å². The first-order valence-electron chi connectivity index (χ1n) is 4.33. The van der Waals surface area contributed by atoms with Crippen molar-refractivity contribution in [2.24, 2.45) is 9.98 Å². The number of aliphatic imine (C=N–C) groups is 2. The van der Waals surface area contributed by atoms with Gasteiger partial charge in [-0.2, -0.15) is 0 Å². The Bertz CT molecular complexity index is 334. The van der Waals surface area contributed by atoms with Crippen LogP contribution in [-0.2, 0) is 0 Å². The summed E-state index contributed by atoms with van der Waals surface area (Å²) in [5.74, 6) is 0. The van der Waals surface area contributed by atoms with Crippen molar-refractivity contribution in [3.05, 3.63) is 24.3 Å². The highest BCUT2D eigenvalue weighted by molar-refractivity contribution is 5.84. The molecule has 13 heavy (non-hydrogen) atoms. The summed E-state index contributed by atoms with van der Waals surface area (Å²) in [5, 5.41) is 0. The van der Waals surface area contributed by atoms with Gasteiger partial charge < -0.3 is 0 Å². The second kappa shape index (κ2) is 4.55. The molecule has 2 heteroatoms. The van der Waals surface area contributed by atoms with Crippen LogP contribution in [0.5, 0.6) is 0 Å². The van der Waals surface area contributed by atoms with Crippen molar-refractivity contribution < 1.29 is 0 Å². The Balaban J connectivity index is 3.12. The summed E-state index contributed by atoms with van der Waals surface area (Å²) in [5.41, 5.74) is 2.89. The van der Waals surface area contributed by atoms with E-state index >= 15 is 0 Å². The minimum absolute atomic E-state index is 0.922. The number of rotatable bonds is 2. The van der Waals surface area contributed by atoms with E-state index in [0.29, 0.717) is 0 Å². The van der Waals surface area contributed by atoms with Crippen LogP contribution in [-0.4, -0.2) is 11.9 Å². The Hall–Kier alpha value is -1.44. The smallest absolute Gasteiger partial charge is 0.0885 e. The minimum atomic E-state index is 0.922. The Labute approximate surface area is 79.0 Å². The third-order valence-electron chi connectivity index (χ3n) is 1.49. The number of benzene rings is 1. The van der Waals surface area contributed by atoms with Crippen LogP contribution in [0.1, 0.15) is 20.8 Å². The zero-order valence-corrected chi connectivity index (χ0v) is 8.28. The van der Waals surface area contributed by atoms with Crippen molar-refractivity contribution in [1.29, 1.82) is 0 Å². The van der Waals surface area contributed by atoms with Gasteiger partial charge >= 0.3 is 0 Å². The lowest BCUT2D eigenvalue weighted by atomic mass is 10.2. The molecule has 0 radical (unpaired) electrons.